The number of rotatable bonds is 3. The van der Waals surface area contributed by atoms with Crippen LogP contribution in [-0.4, -0.2) is 24.5 Å². The second-order valence-electron chi connectivity index (χ2n) is 5.82. The minimum Gasteiger partial charge on any atom is -0.326 e. The van der Waals surface area contributed by atoms with Crippen molar-refractivity contribution in [3.63, 3.8) is 0 Å². The molecular weight excluding hydrogens is 328 g/mol. The Kier molecular flexibility index (Phi) is 4.65. The van der Waals surface area contributed by atoms with Crippen LogP contribution in [0.1, 0.15) is 12.0 Å². The molecule has 1 atom stereocenters. The average molecular weight is 345 g/mol. The monoisotopic (exact) mass is 345 g/mol. The molecule has 25 heavy (non-hydrogen) atoms. The molecule has 0 bridgehead atoms. The quantitative estimate of drug-likeness (QED) is 0.897. The molecule has 3 amide bonds. The fourth-order valence-electron chi connectivity index (χ4n) is 2.75. The molecule has 0 aliphatic carbocycles. The molecule has 2 aromatic rings. The Balaban J connectivity index is 1.63. The molecule has 2 aromatic carbocycles. The minimum atomic E-state index is -0.682. The highest BCUT2D eigenvalue weighted by Gasteiger charge is 2.33. The Labute approximate surface area is 143 Å². The molecule has 5 nitrogen and oxygen atoms in total. The predicted molar refractivity (Wildman–Crippen MR) is 90.4 cm³/mol. The van der Waals surface area contributed by atoms with E-state index in [1.165, 1.54) is 41.3 Å². The number of carbonyl (C=O) groups excluding carboxylic acids is 2. The highest BCUT2D eigenvalue weighted by molar-refractivity contribution is 6.02. The van der Waals surface area contributed by atoms with Crippen molar-refractivity contribution < 1.29 is 18.4 Å². The molecule has 1 aliphatic heterocycles. The van der Waals surface area contributed by atoms with Gasteiger partial charge < -0.3 is 15.5 Å². The van der Waals surface area contributed by atoms with Gasteiger partial charge in [-0.05, 0) is 49.7 Å². The van der Waals surface area contributed by atoms with Gasteiger partial charge in [-0.25, -0.2) is 13.6 Å². The number of hydrogen-bond donors (Lipinski definition) is 2. The highest BCUT2D eigenvalue weighted by Crippen LogP contribution is 2.22. The van der Waals surface area contributed by atoms with Crippen LogP contribution in [0.15, 0.2) is 42.5 Å². The summed E-state index contributed by atoms with van der Waals surface area (Å²) in [6.07, 6.45) is 0.436. The van der Waals surface area contributed by atoms with Gasteiger partial charge in [-0.1, -0.05) is 6.07 Å². The number of nitrogens with zero attached hydrogens (tertiary/aromatic N) is 1. The van der Waals surface area contributed by atoms with E-state index in [1.54, 1.807) is 13.0 Å². The van der Waals surface area contributed by atoms with E-state index in [-0.39, 0.29) is 11.7 Å². The van der Waals surface area contributed by atoms with Crippen molar-refractivity contribution in [2.75, 3.05) is 16.8 Å². The lowest BCUT2D eigenvalue weighted by Gasteiger charge is -2.17. The highest BCUT2D eigenvalue weighted by atomic mass is 19.1. The maximum absolute atomic E-state index is 13.5. The van der Waals surface area contributed by atoms with Gasteiger partial charge in [-0.2, -0.15) is 0 Å². The standard InChI is InChI=1S/C18H17F2N3O2/c1-11-14(20)3-2-4-15(11)21-18(25)22-16-9-10-23(17(16)24)13-7-5-12(19)6-8-13/h2-8,16H,9-10H2,1H3,(H2,21,22,25)/t16-/m1/s1. The smallest absolute Gasteiger partial charge is 0.319 e. The van der Waals surface area contributed by atoms with Gasteiger partial charge in [0.15, 0.2) is 0 Å². The summed E-state index contributed by atoms with van der Waals surface area (Å²) >= 11 is 0. The van der Waals surface area contributed by atoms with Gasteiger partial charge in [0, 0.05) is 23.5 Å². The minimum absolute atomic E-state index is 0.266. The molecule has 0 radical (unpaired) electrons. The number of nitrogens with one attached hydrogen (secondary N) is 2. The van der Waals surface area contributed by atoms with Gasteiger partial charge in [0.05, 0.1) is 0 Å². The van der Waals surface area contributed by atoms with E-state index < -0.39 is 17.9 Å². The lowest BCUT2D eigenvalue weighted by atomic mass is 10.2. The number of hydrogen-bond acceptors (Lipinski definition) is 2. The van der Waals surface area contributed by atoms with Crippen molar-refractivity contribution in [3.8, 4) is 0 Å². The molecule has 0 spiro atoms. The van der Waals surface area contributed by atoms with E-state index in [9.17, 15) is 18.4 Å². The Morgan fingerprint density at radius 3 is 2.60 bits per heavy atom. The van der Waals surface area contributed by atoms with Crippen LogP contribution >= 0.6 is 0 Å². The first-order valence-electron chi connectivity index (χ1n) is 7.85. The number of amides is 3. The van der Waals surface area contributed by atoms with Gasteiger partial charge in [0.1, 0.15) is 17.7 Å². The van der Waals surface area contributed by atoms with Gasteiger partial charge in [-0.3, -0.25) is 4.79 Å². The zero-order chi connectivity index (χ0) is 18.0. The van der Waals surface area contributed by atoms with E-state index in [0.29, 0.717) is 29.9 Å². The molecule has 0 saturated carbocycles. The third-order valence-corrected chi connectivity index (χ3v) is 4.17. The van der Waals surface area contributed by atoms with E-state index in [1.807, 2.05) is 0 Å². The molecular formula is C18H17F2N3O2. The average Bonchev–Trinajstić information content (AvgIpc) is 2.93. The third-order valence-electron chi connectivity index (χ3n) is 4.17. The van der Waals surface area contributed by atoms with Crippen molar-refractivity contribution in [1.29, 1.82) is 0 Å². The van der Waals surface area contributed by atoms with Gasteiger partial charge in [0.25, 0.3) is 0 Å². The maximum Gasteiger partial charge on any atom is 0.319 e. The molecule has 1 fully saturated rings. The summed E-state index contributed by atoms with van der Waals surface area (Å²) in [6, 6.07) is 8.73. The first kappa shape index (κ1) is 16.9. The van der Waals surface area contributed by atoms with Crippen molar-refractivity contribution in [2.45, 2.75) is 19.4 Å². The first-order chi connectivity index (χ1) is 12.0. The van der Waals surface area contributed by atoms with Crippen LogP contribution in [0, 0.1) is 18.6 Å². The van der Waals surface area contributed by atoms with Crippen molar-refractivity contribution >= 4 is 23.3 Å². The largest absolute Gasteiger partial charge is 0.326 e. The Morgan fingerprint density at radius 2 is 1.88 bits per heavy atom. The summed E-state index contributed by atoms with van der Waals surface area (Å²) in [7, 11) is 0. The third kappa shape index (κ3) is 3.60. The molecule has 1 aliphatic rings. The van der Waals surface area contributed by atoms with Gasteiger partial charge >= 0.3 is 6.03 Å². The van der Waals surface area contributed by atoms with Crippen LogP contribution in [0.3, 0.4) is 0 Å². The lowest BCUT2D eigenvalue weighted by molar-refractivity contribution is -0.118. The predicted octanol–water partition coefficient (Wildman–Crippen LogP) is 3.20. The number of urea groups is 1. The molecule has 2 N–H and O–H groups in total. The van der Waals surface area contributed by atoms with E-state index in [2.05, 4.69) is 10.6 Å². The topological polar surface area (TPSA) is 61.4 Å². The molecule has 0 unspecified atom stereocenters. The van der Waals surface area contributed by atoms with Crippen LogP contribution in [0.4, 0.5) is 25.0 Å². The van der Waals surface area contributed by atoms with E-state index in [0.717, 1.165) is 0 Å². The Bertz CT molecular complexity index is 808. The summed E-state index contributed by atoms with van der Waals surface area (Å²) in [6.45, 7) is 1.98. The molecule has 130 valence electrons. The van der Waals surface area contributed by atoms with Crippen molar-refractivity contribution in [1.82, 2.24) is 5.32 Å². The maximum atomic E-state index is 13.5. The number of benzene rings is 2. The Hall–Kier alpha value is -2.96. The summed E-state index contributed by atoms with van der Waals surface area (Å²) in [5.74, 6) is -1.06. The van der Waals surface area contributed by atoms with Crippen molar-refractivity contribution in [3.05, 3.63) is 59.7 Å². The van der Waals surface area contributed by atoms with E-state index in [4.69, 9.17) is 0 Å². The number of carbonyl (C=O) groups is 2. The molecule has 7 heteroatoms. The molecule has 1 heterocycles. The summed E-state index contributed by atoms with van der Waals surface area (Å²) < 4.78 is 26.5. The second-order valence-corrected chi connectivity index (χ2v) is 5.82. The van der Waals surface area contributed by atoms with E-state index >= 15 is 0 Å². The molecule has 1 saturated heterocycles. The van der Waals surface area contributed by atoms with Crippen LogP contribution in [0.2, 0.25) is 0 Å². The lowest BCUT2D eigenvalue weighted by Crippen LogP contribution is -2.43. The SMILES string of the molecule is Cc1c(F)cccc1NC(=O)N[C@@H]1CCN(c2ccc(F)cc2)C1=O. The fourth-order valence-corrected chi connectivity index (χ4v) is 2.75. The van der Waals surface area contributed by atoms with Crippen LogP contribution in [0.25, 0.3) is 0 Å². The summed E-state index contributed by atoms with van der Waals surface area (Å²) in [5.41, 5.74) is 1.25. The second kappa shape index (κ2) is 6.88. The summed E-state index contributed by atoms with van der Waals surface area (Å²) in [5, 5.41) is 5.15. The van der Waals surface area contributed by atoms with Crippen LogP contribution in [-0.2, 0) is 4.79 Å². The summed E-state index contributed by atoms with van der Waals surface area (Å²) in [4.78, 5) is 26.0. The number of halogens is 2. The normalized spacial score (nSPS) is 16.8. The molecule has 3 rings (SSSR count). The van der Waals surface area contributed by atoms with Gasteiger partial charge in [-0.15, -0.1) is 0 Å². The first-order valence-corrected chi connectivity index (χ1v) is 7.85. The van der Waals surface area contributed by atoms with Crippen LogP contribution < -0.4 is 15.5 Å². The zero-order valence-electron chi connectivity index (χ0n) is 13.6. The van der Waals surface area contributed by atoms with Crippen LogP contribution in [0.5, 0.6) is 0 Å². The number of anilines is 2. The Morgan fingerprint density at radius 1 is 1.16 bits per heavy atom. The molecule has 0 aromatic heterocycles. The van der Waals surface area contributed by atoms with Gasteiger partial charge in [0.2, 0.25) is 5.91 Å². The fraction of sp³-hybridized carbons (Fsp3) is 0.222. The zero-order valence-corrected chi connectivity index (χ0v) is 13.6. The van der Waals surface area contributed by atoms with Crippen molar-refractivity contribution in [2.24, 2.45) is 0 Å².